The van der Waals surface area contributed by atoms with Gasteiger partial charge in [0, 0.05) is 25.2 Å². The van der Waals surface area contributed by atoms with Crippen LogP contribution in [0.4, 0.5) is 0 Å². The predicted molar refractivity (Wildman–Crippen MR) is 63.1 cm³/mol. The molecule has 1 fully saturated rings. The highest BCUT2D eigenvalue weighted by Gasteiger charge is 2.34. The van der Waals surface area contributed by atoms with Crippen LogP contribution in [-0.4, -0.2) is 31.2 Å². The van der Waals surface area contributed by atoms with Crippen molar-refractivity contribution in [1.29, 1.82) is 0 Å². The number of ether oxygens (including phenoxy) is 1. The van der Waals surface area contributed by atoms with E-state index in [2.05, 4.69) is 26.2 Å². The number of nitrogens with zero attached hydrogens (tertiary/aromatic N) is 1. The summed E-state index contributed by atoms with van der Waals surface area (Å²) in [6.45, 7) is 1.47. The fraction of sp³-hybridized carbons (Fsp3) is 0.455. The number of hydrogen-bond acceptors (Lipinski definition) is 4. The molecule has 86 valence electrons. The maximum atomic E-state index is 11.6. The molecule has 5 heteroatoms. The Hall–Kier alpha value is -0.940. The first-order valence-electron chi connectivity index (χ1n) is 5.12. The van der Waals surface area contributed by atoms with Crippen molar-refractivity contribution in [3.63, 3.8) is 0 Å². The van der Waals surface area contributed by atoms with Crippen molar-refractivity contribution in [3.8, 4) is 0 Å². The lowest BCUT2D eigenvalue weighted by Crippen LogP contribution is -2.23. The van der Waals surface area contributed by atoms with E-state index in [1.807, 2.05) is 12.1 Å². The average Bonchev–Trinajstić information content (AvgIpc) is 2.78. The maximum Gasteiger partial charge on any atom is 0.310 e. The fourth-order valence-corrected chi connectivity index (χ4v) is 2.27. The molecule has 1 aliphatic rings. The molecule has 1 N–H and O–H groups in total. The quantitative estimate of drug-likeness (QED) is 0.657. The topological polar surface area (TPSA) is 51.2 Å². The standard InChI is InChI=1S/C11H13BrN2O2/c1-16-11(15)9-6-13-5-8(9)7-2-3-10(12)14-4-7/h2-4,8-9,13H,5-6H2,1H3. The number of hydrogen-bond donors (Lipinski definition) is 1. The zero-order valence-corrected chi connectivity index (χ0v) is 10.5. The Morgan fingerprint density at radius 1 is 1.56 bits per heavy atom. The van der Waals surface area contributed by atoms with Crippen LogP contribution in [0.15, 0.2) is 22.9 Å². The molecular weight excluding hydrogens is 272 g/mol. The third-order valence-electron chi connectivity index (χ3n) is 2.90. The molecule has 0 amide bonds. The van der Waals surface area contributed by atoms with Gasteiger partial charge in [0.1, 0.15) is 4.60 Å². The third kappa shape index (κ3) is 2.25. The van der Waals surface area contributed by atoms with E-state index >= 15 is 0 Å². The number of methoxy groups -OCH3 is 1. The summed E-state index contributed by atoms with van der Waals surface area (Å²) in [7, 11) is 1.43. The van der Waals surface area contributed by atoms with Crippen LogP contribution in [0, 0.1) is 5.92 Å². The Morgan fingerprint density at radius 3 is 3.00 bits per heavy atom. The molecule has 0 radical (unpaired) electrons. The lowest BCUT2D eigenvalue weighted by atomic mass is 9.90. The van der Waals surface area contributed by atoms with Crippen LogP contribution >= 0.6 is 15.9 Å². The van der Waals surface area contributed by atoms with Gasteiger partial charge in [-0.15, -0.1) is 0 Å². The minimum atomic E-state index is -0.155. The lowest BCUT2D eigenvalue weighted by molar-refractivity contribution is -0.145. The Bertz CT molecular complexity index is 380. The first kappa shape index (κ1) is 11.5. The molecule has 2 unspecified atom stereocenters. The van der Waals surface area contributed by atoms with E-state index in [0.717, 1.165) is 16.7 Å². The molecular formula is C11H13BrN2O2. The molecule has 4 nitrogen and oxygen atoms in total. The van der Waals surface area contributed by atoms with Gasteiger partial charge in [-0.3, -0.25) is 4.79 Å². The van der Waals surface area contributed by atoms with Gasteiger partial charge in [-0.2, -0.15) is 0 Å². The summed E-state index contributed by atoms with van der Waals surface area (Å²) < 4.78 is 5.60. The second-order valence-electron chi connectivity index (χ2n) is 3.81. The number of carbonyl (C=O) groups excluding carboxylic acids is 1. The predicted octanol–water partition coefficient (Wildman–Crippen LogP) is 1.32. The Kier molecular flexibility index (Phi) is 3.56. The minimum Gasteiger partial charge on any atom is -0.469 e. The van der Waals surface area contributed by atoms with Crippen LogP contribution in [0.25, 0.3) is 0 Å². The van der Waals surface area contributed by atoms with E-state index in [9.17, 15) is 4.79 Å². The summed E-state index contributed by atoms with van der Waals surface area (Å²) in [5.74, 6) is -0.0982. The van der Waals surface area contributed by atoms with E-state index in [1.54, 1.807) is 6.20 Å². The van der Waals surface area contributed by atoms with Crippen LogP contribution in [0.3, 0.4) is 0 Å². The molecule has 1 aromatic heterocycles. The SMILES string of the molecule is COC(=O)C1CNCC1c1ccc(Br)nc1. The molecule has 2 rings (SSSR count). The fourth-order valence-electron chi connectivity index (χ4n) is 2.03. The van der Waals surface area contributed by atoms with Gasteiger partial charge in [0.2, 0.25) is 0 Å². The van der Waals surface area contributed by atoms with Crippen molar-refractivity contribution in [2.24, 2.45) is 5.92 Å². The number of carbonyl (C=O) groups is 1. The number of rotatable bonds is 2. The number of esters is 1. The van der Waals surface area contributed by atoms with E-state index in [0.29, 0.717) is 6.54 Å². The molecule has 2 atom stereocenters. The van der Waals surface area contributed by atoms with Gasteiger partial charge in [0.15, 0.2) is 0 Å². The monoisotopic (exact) mass is 284 g/mol. The van der Waals surface area contributed by atoms with Crippen molar-refractivity contribution >= 4 is 21.9 Å². The molecule has 16 heavy (non-hydrogen) atoms. The molecule has 0 spiro atoms. The number of nitrogens with one attached hydrogen (secondary N) is 1. The Morgan fingerprint density at radius 2 is 2.38 bits per heavy atom. The van der Waals surface area contributed by atoms with Gasteiger partial charge in [-0.05, 0) is 27.6 Å². The summed E-state index contributed by atoms with van der Waals surface area (Å²) in [4.78, 5) is 15.8. The maximum absolute atomic E-state index is 11.6. The number of aromatic nitrogens is 1. The van der Waals surface area contributed by atoms with Crippen molar-refractivity contribution in [2.75, 3.05) is 20.2 Å². The normalized spacial score (nSPS) is 24.4. The molecule has 0 saturated carbocycles. The zero-order valence-electron chi connectivity index (χ0n) is 8.94. The van der Waals surface area contributed by atoms with Gasteiger partial charge in [0.25, 0.3) is 0 Å². The minimum absolute atomic E-state index is 0.104. The Labute approximate surface area is 103 Å². The molecule has 0 bridgehead atoms. The van der Waals surface area contributed by atoms with E-state index < -0.39 is 0 Å². The summed E-state index contributed by atoms with van der Waals surface area (Å²) in [5.41, 5.74) is 1.07. The number of pyridine rings is 1. The van der Waals surface area contributed by atoms with Gasteiger partial charge < -0.3 is 10.1 Å². The van der Waals surface area contributed by atoms with E-state index in [-0.39, 0.29) is 17.8 Å². The molecule has 1 aromatic rings. The second kappa shape index (κ2) is 4.93. The highest BCUT2D eigenvalue weighted by atomic mass is 79.9. The average molecular weight is 285 g/mol. The van der Waals surface area contributed by atoms with Crippen LogP contribution in [0.1, 0.15) is 11.5 Å². The zero-order chi connectivity index (χ0) is 11.5. The summed E-state index contributed by atoms with van der Waals surface area (Å²) >= 11 is 3.29. The summed E-state index contributed by atoms with van der Waals surface area (Å²) in [6.07, 6.45) is 1.80. The second-order valence-corrected chi connectivity index (χ2v) is 4.62. The highest BCUT2D eigenvalue weighted by molar-refractivity contribution is 9.10. The van der Waals surface area contributed by atoms with Crippen molar-refractivity contribution < 1.29 is 9.53 Å². The largest absolute Gasteiger partial charge is 0.469 e. The van der Waals surface area contributed by atoms with Gasteiger partial charge >= 0.3 is 5.97 Å². The first-order valence-corrected chi connectivity index (χ1v) is 5.91. The molecule has 1 saturated heterocycles. The van der Waals surface area contributed by atoms with Crippen LogP contribution < -0.4 is 5.32 Å². The van der Waals surface area contributed by atoms with Crippen LogP contribution in [0.2, 0.25) is 0 Å². The lowest BCUT2D eigenvalue weighted by Gasteiger charge is -2.16. The van der Waals surface area contributed by atoms with E-state index in [1.165, 1.54) is 7.11 Å². The summed E-state index contributed by atoms with van der Waals surface area (Å²) in [5, 5.41) is 3.21. The van der Waals surface area contributed by atoms with E-state index in [4.69, 9.17) is 4.74 Å². The van der Waals surface area contributed by atoms with Crippen molar-refractivity contribution in [3.05, 3.63) is 28.5 Å². The van der Waals surface area contributed by atoms with Crippen LogP contribution in [0.5, 0.6) is 0 Å². The van der Waals surface area contributed by atoms with Crippen molar-refractivity contribution in [1.82, 2.24) is 10.3 Å². The molecule has 2 heterocycles. The van der Waals surface area contributed by atoms with Crippen LogP contribution in [-0.2, 0) is 9.53 Å². The smallest absolute Gasteiger partial charge is 0.310 e. The van der Waals surface area contributed by atoms with Gasteiger partial charge in [-0.1, -0.05) is 6.07 Å². The van der Waals surface area contributed by atoms with Crippen molar-refractivity contribution in [2.45, 2.75) is 5.92 Å². The van der Waals surface area contributed by atoms with Gasteiger partial charge in [0.05, 0.1) is 13.0 Å². The molecule has 0 aromatic carbocycles. The molecule has 0 aliphatic carbocycles. The highest BCUT2D eigenvalue weighted by Crippen LogP contribution is 2.28. The Balaban J connectivity index is 2.19. The molecule has 1 aliphatic heterocycles. The third-order valence-corrected chi connectivity index (χ3v) is 3.37. The number of halogens is 1. The summed E-state index contributed by atoms with van der Waals surface area (Å²) in [6, 6.07) is 3.88. The van der Waals surface area contributed by atoms with Gasteiger partial charge in [-0.25, -0.2) is 4.98 Å². The first-order chi connectivity index (χ1) is 7.72.